The highest BCUT2D eigenvalue weighted by Crippen LogP contribution is 2.15. The predicted octanol–water partition coefficient (Wildman–Crippen LogP) is 2.06. The van der Waals surface area contributed by atoms with Crippen molar-refractivity contribution in [1.82, 2.24) is 5.32 Å². The summed E-state index contributed by atoms with van der Waals surface area (Å²) >= 11 is 1.58. The second kappa shape index (κ2) is 9.73. The van der Waals surface area contributed by atoms with E-state index >= 15 is 0 Å². The molecule has 0 spiro atoms. The molecule has 0 aliphatic heterocycles. The third-order valence-electron chi connectivity index (χ3n) is 2.84. The van der Waals surface area contributed by atoms with Gasteiger partial charge in [0.15, 0.2) is 0 Å². The number of carbonyl (C=O) groups excluding carboxylic acids is 3. The maximum atomic E-state index is 12.0. The molecule has 1 aromatic rings. The van der Waals surface area contributed by atoms with Crippen molar-refractivity contribution >= 4 is 41.0 Å². The lowest BCUT2D eigenvalue weighted by Crippen LogP contribution is -2.44. The molecule has 3 N–H and O–H groups in total. The molecule has 0 saturated carbocycles. The minimum absolute atomic E-state index is 0.200. The molecule has 0 heterocycles. The molecular formula is C15H21N3O4S. The topological polar surface area (TPSA) is 96.5 Å². The number of hydrogen-bond acceptors (Lipinski definition) is 5. The van der Waals surface area contributed by atoms with Crippen LogP contribution in [0.3, 0.4) is 0 Å². The van der Waals surface area contributed by atoms with E-state index in [1.807, 2.05) is 6.26 Å². The number of carbonyl (C=O) groups is 3. The van der Waals surface area contributed by atoms with Gasteiger partial charge in [0, 0.05) is 18.3 Å². The molecule has 0 saturated heterocycles. The number of esters is 1. The Morgan fingerprint density at radius 1 is 1.22 bits per heavy atom. The van der Waals surface area contributed by atoms with Gasteiger partial charge in [-0.2, -0.15) is 11.8 Å². The maximum Gasteiger partial charge on any atom is 0.328 e. The Bertz CT molecular complexity index is 565. The molecule has 126 valence electrons. The van der Waals surface area contributed by atoms with E-state index in [-0.39, 0.29) is 5.91 Å². The van der Waals surface area contributed by atoms with Crippen molar-refractivity contribution in [3.8, 4) is 0 Å². The zero-order chi connectivity index (χ0) is 17.2. The minimum atomic E-state index is -0.703. The zero-order valence-corrected chi connectivity index (χ0v) is 14.2. The van der Waals surface area contributed by atoms with Crippen LogP contribution in [-0.2, 0) is 14.3 Å². The lowest BCUT2D eigenvalue weighted by molar-refractivity contribution is -0.142. The maximum absolute atomic E-state index is 12.0. The van der Waals surface area contributed by atoms with Gasteiger partial charge in [-0.3, -0.25) is 4.79 Å². The smallest absolute Gasteiger partial charge is 0.328 e. The summed E-state index contributed by atoms with van der Waals surface area (Å²) in [7, 11) is 1.28. The van der Waals surface area contributed by atoms with E-state index in [2.05, 4.69) is 20.7 Å². The highest BCUT2D eigenvalue weighted by molar-refractivity contribution is 7.98. The van der Waals surface area contributed by atoms with Crippen LogP contribution in [0.5, 0.6) is 0 Å². The fourth-order valence-corrected chi connectivity index (χ4v) is 2.30. The van der Waals surface area contributed by atoms with Crippen molar-refractivity contribution in [2.24, 2.45) is 0 Å². The molecule has 0 fully saturated rings. The van der Waals surface area contributed by atoms with E-state index in [4.69, 9.17) is 0 Å². The fourth-order valence-electron chi connectivity index (χ4n) is 1.83. The summed E-state index contributed by atoms with van der Waals surface area (Å²) in [5.41, 5.74) is 1.07. The molecule has 0 aromatic heterocycles. The molecular weight excluding hydrogens is 318 g/mol. The van der Waals surface area contributed by atoms with Crippen molar-refractivity contribution in [2.45, 2.75) is 19.4 Å². The monoisotopic (exact) mass is 339 g/mol. The summed E-state index contributed by atoms with van der Waals surface area (Å²) in [5, 5.41) is 7.84. The van der Waals surface area contributed by atoms with Crippen LogP contribution in [0.25, 0.3) is 0 Å². The Hall–Kier alpha value is -2.22. The first-order chi connectivity index (χ1) is 11.0. The Kier molecular flexibility index (Phi) is 7.96. The molecule has 3 amide bonds. The Labute approximate surface area is 139 Å². The molecule has 1 unspecified atom stereocenters. The SMILES string of the molecule is COC(=O)C(CCSC)NC(=O)Nc1cccc(NC(C)=O)c1. The van der Waals surface area contributed by atoms with Crippen LogP contribution in [-0.4, -0.2) is 43.1 Å². The second-order valence-electron chi connectivity index (χ2n) is 4.72. The zero-order valence-electron chi connectivity index (χ0n) is 13.3. The van der Waals surface area contributed by atoms with Gasteiger partial charge < -0.3 is 20.7 Å². The van der Waals surface area contributed by atoms with Crippen molar-refractivity contribution in [3.05, 3.63) is 24.3 Å². The van der Waals surface area contributed by atoms with Crippen LogP contribution in [0.1, 0.15) is 13.3 Å². The van der Waals surface area contributed by atoms with E-state index in [0.29, 0.717) is 17.8 Å². The van der Waals surface area contributed by atoms with Gasteiger partial charge in [0.2, 0.25) is 5.91 Å². The van der Waals surface area contributed by atoms with E-state index in [9.17, 15) is 14.4 Å². The van der Waals surface area contributed by atoms with E-state index in [1.54, 1.807) is 36.0 Å². The average Bonchev–Trinajstić information content (AvgIpc) is 2.50. The van der Waals surface area contributed by atoms with Gasteiger partial charge in [-0.05, 0) is 36.6 Å². The van der Waals surface area contributed by atoms with Gasteiger partial charge in [0.25, 0.3) is 0 Å². The number of urea groups is 1. The van der Waals surface area contributed by atoms with Gasteiger partial charge >= 0.3 is 12.0 Å². The molecule has 0 radical (unpaired) electrons. The van der Waals surface area contributed by atoms with E-state index in [0.717, 1.165) is 5.75 Å². The van der Waals surface area contributed by atoms with Crippen LogP contribution in [0, 0.1) is 0 Å². The Balaban J connectivity index is 2.66. The number of rotatable bonds is 7. The highest BCUT2D eigenvalue weighted by Gasteiger charge is 2.20. The molecule has 1 atom stereocenters. The molecule has 8 heteroatoms. The number of hydrogen-bond donors (Lipinski definition) is 3. The van der Waals surface area contributed by atoms with Crippen molar-refractivity contribution in [1.29, 1.82) is 0 Å². The first kappa shape index (κ1) is 18.8. The van der Waals surface area contributed by atoms with Crippen LogP contribution in [0.4, 0.5) is 16.2 Å². The van der Waals surface area contributed by atoms with Crippen molar-refractivity contribution < 1.29 is 19.1 Å². The summed E-state index contributed by atoms with van der Waals surface area (Å²) < 4.78 is 4.69. The van der Waals surface area contributed by atoms with E-state index in [1.165, 1.54) is 14.0 Å². The number of ether oxygens (including phenoxy) is 1. The number of thioether (sulfide) groups is 1. The summed E-state index contributed by atoms with van der Waals surface area (Å²) in [6.45, 7) is 1.40. The first-order valence-corrected chi connectivity index (χ1v) is 8.37. The van der Waals surface area contributed by atoms with Gasteiger partial charge in [-0.25, -0.2) is 9.59 Å². The molecule has 23 heavy (non-hydrogen) atoms. The minimum Gasteiger partial charge on any atom is -0.467 e. The van der Waals surface area contributed by atoms with Gasteiger partial charge in [0.1, 0.15) is 6.04 Å². The summed E-state index contributed by atoms with van der Waals surface area (Å²) in [5.74, 6) is 0.0357. The molecule has 7 nitrogen and oxygen atoms in total. The normalized spacial score (nSPS) is 11.3. The molecule has 1 rings (SSSR count). The number of anilines is 2. The Morgan fingerprint density at radius 2 is 1.87 bits per heavy atom. The van der Waals surface area contributed by atoms with Crippen LogP contribution in [0.2, 0.25) is 0 Å². The molecule has 0 aliphatic rings. The average molecular weight is 339 g/mol. The lowest BCUT2D eigenvalue weighted by Gasteiger charge is -2.16. The largest absolute Gasteiger partial charge is 0.467 e. The third kappa shape index (κ3) is 7.05. The van der Waals surface area contributed by atoms with Crippen molar-refractivity contribution in [3.63, 3.8) is 0 Å². The molecule has 0 bridgehead atoms. The van der Waals surface area contributed by atoms with Gasteiger partial charge in [-0.1, -0.05) is 6.07 Å². The third-order valence-corrected chi connectivity index (χ3v) is 3.49. The van der Waals surface area contributed by atoms with Crippen LogP contribution < -0.4 is 16.0 Å². The molecule has 0 aliphatic carbocycles. The fraction of sp³-hybridized carbons (Fsp3) is 0.400. The van der Waals surface area contributed by atoms with Gasteiger partial charge in [0.05, 0.1) is 7.11 Å². The van der Waals surface area contributed by atoms with Crippen molar-refractivity contribution in [2.75, 3.05) is 29.8 Å². The summed E-state index contributed by atoms with van der Waals surface area (Å²) in [6, 6.07) is 5.50. The first-order valence-electron chi connectivity index (χ1n) is 6.98. The number of methoxy groups -OCH3 is 1. The molecule has 1 aromatic carbocycles. The predicted molar refractivity (Wildman–Crippen MR) is 91.7 cm³/mol. The number of benzene rings is 1. The van der Waals surface area contributed by atoms with Crippen LogP contribution >= 0.6 is 11.8 Å². The lowest BCUT2D eigenvalue weighted by atomic mass is 10.2. The number of nitrogens with one attached hydrogen (secondary N) is 3. The van der Waals surface area contributed by atoms with E-state index < -0.39 is 18.0 Å². The van der Waals surface area contributed by atoms with Gasteiger partial charge in [-0.15, -0.1) is 0 Å². The summed E-state index contributed by atoms with van der Waals surface area (Å²) in [4.78, 5) is 34.7. The Morgan fingerprint density at radius 3 is 2.43 bits per heavy atom. The van der Waals surface area contributed by atoms with Crippen LogP contribution in [0.15, 0.2) is 24.3 Å². The highest BCUT2D eigenvalue weighted by atomic mass is 32.2. The quantitative estimate of drug-likeness (QED) is 0.661. The number of amides is 3. The summed E-state index contributed by atoms with van der Waals surface area (Å²) in [6.07, 6.45) is 2.40. The standard InChI is InChI=1S/C15H21N3O4S/c1-10(19)16-11-5-4-6-12(9-11)17-15(21)18-13(7-8-23-3)14(20)22-2/h4-6,9,13H,7-8H2,1-3H3,(H,16,19)(H2,17,18,21). The second-order valence-corrected chi connectivity index (χ2v) is 5.70.